The molecule has 0 heterocycles. The fourth-order valence-corrected chi connectivity index (χ4v) is 3.66. The molecule has 8 heteroatoms. The highest BCUT2D eigenvalue weighted by atomic mass is 32.2. The lowest BCUT2D eigenvalue weighted by atomic mass is 10.0. The van der Waals surface area contributed by atoms with Crippen LogP contribution in [-0.4, -0.2) is 36.6 Å². The third-order valence-corrected chi connectivity index (χ3v) is 4.96. The van der Waals surface area contributed by atoms with Crippen LogP contribution in [0.15, 0.2) is 17.0 Å². The first-order valence-corrected chi connectivity index (χ1v) is 9.54. The molecule has 0 spiro atoms. The Kier molecular flexibility index (Phi) is 5.66. The van der Waals surface area contributed by atoms with Gasteiger partial charge in [0, 0.05) is 34.4 Å². The Morgan fingerprint density at radius 2 is 1.90 bits per heavy atom. The first-order chi connectivity index (χ1) is 9.52. The summed E-state index contributed by atoms with van der Waals surface area (Å²) in [4.78, 5) is 12.1. The first-order valence-electron chi connectivity index (χ1n) is 6.27. The number of amides is 1. The van der Waals surface area contributed by atoms with E-state index in [2.05, 4.69) is 5.32 Å². The maximum absolute atomic E-state index is 12.2. The highest BCUT2D eigenvalue weighted by Gasteiger charge is 2.19. The van der Waals surface area contributed by atoms with Crippen molar-refractivity contribution in [3.8, 4) is 0 Å². The van der Waals surface area contributed by atoms with Gasteiger partial charge in [-0.3, -0.25) is 9.00 Å². The lowest BCUT2D eigenvalue weighted by molar-refractivity contribution is 0.0943. The van der Waals surface area contributed by atoms with Gasteiger partial charge in [-0.25, -0.2) is 13.6 Å². The first kappa shape index (κ1) is 17.8. The van der Waals surface area contributed by atoms with Crippen LogP contribution in [0.4, 0.5) is 0 Å². The minimum atomic E-state index is -3.88. The van der Waals surface area contributed by atoms with E-state index in [0.29, 0.717) is 16.9 Å². The van der Waals surface area contributed by atoms with Gasteiger partial charge in [0.15, 0.2) is 0 Å². The van der Waals surface area contributed by atoms with Crippen LogP contribution in [0, 0.1) is 13.8 Å². The molecule has 0 fully saturated rings. The third-order valence-electron chi connectivity index (χ3n) is 2.94. The van der Waals surface area contributed by atoms with E-state index in [-0.39, 0.29) is 16.5 Å². The Morgan fingerprint density at radius 1 is 1.33 bits per heavy atom. The summed E-state index contributed by atoms with van der Waals surface area (Å²) in [5.41, 5.74) is 1.40. The summed E-state index contributed by atoms with van der Waals surface area (Å²) < 4.78 is 34.2. The van der Waals surface area contributed by atoms with Crippen LogP contribution in [0.1, 0.15) is 28.4 Å². The number of carbonyl (C=O) groups excluding carboxylic acids is 1. The summed E-state index contributed by atoms with van der Waals surface area (Å²) in [5, 5.41) is 7.84. The fraction of sp³-hybridized carbons (Fsp3) is 0.462. The van der Waals surface area contributed by atoms with Gasteiger partial charge < -0.3 is 5.32 Å². The SMILES string of the molecule is Cc1cc(C)c(S(N)(=O)=O)cc1C(=O)NC(C)CS(C)=O. The summed E-state index contributed by atoms with van der Waals surface area (Å²) in [6.07, 6.45) is 1.55. The minimum Gasteiger partial charge on any atom is -0.349 e. The second-order valence-corrected chi connectivity index (χ2v) is 8.10. The van der Waals surface area contributed by atoms with Gasteiger partial charge >= 0.3 is 0 Å². The average Bonchev–Trinajstić information content (AvgIpc) is 2.24. The Morgan fingerprint density at radius 3 is 2.38 bits per heavy atom. The lowest BCUT2D eigenvalue weighted by Crippen LogP contribution is -2.36. The molecule has 2 unspecified atom stereocenters. The van der Waals surface area contributed by atoms with Gasteiger partial charge in [0.1, 0.15) is 0 Å². The predicted octanol–water partition coefficient (Wildman–Crippen LogP) is 0.448. The smallest absolute Gasteiger partial charge is 0.251 e. The molecular formula is C13H20N2O4S2. The number of rotatable bonds is 5. The highest BCUT2D eigenvalue weighted by Crippen LogP contribution is 2.19. The van der Waals surface area contributed by atoms with Crippen LogP contribution in [0.2, 0.25) is 0 Å². The van der Waals surface area contributed by atoms with E-state index >= 15 is 0 Å². The van der Waals surface area contributed by atoms with Gasteiger partial charge in [0.05, 0.1) is 4.90 Å². The molecule has 6 nitrogen and oxygen atoms in total. The number of sulfonamides is 1. The maximum Gasteiger partial charge on any atom is 0.251 e. The van der Waals surface area contributed by atoms with E-state index in [4.69, 9.17) is 5.14 Å². The molecule has 0 aliphatic rings. The molecule has 0 aliphatic heterocycles. The van der Waals surface area contributed by atoms with Gasteiger partial charge in [0.2, 0.25) is 10.0 Å². The van der Waals surface area contributed by atoms with Crippen LogP contribution in [0.25, 0.3) is 0 Å². The second kappa shape index (κ2) is 6.67. The molecule has 0 radical (unpaired) electrons. The number of nitrogens with two attached hydrogens (primary N) is 1. The summed E-state index contributed by atoms with van der Waals surface area (Å²) in [7, 11) is -4.91. The molecule has 0 saturated carbocycles. The lowest BCUT2D eigenvalue weighted by Gasteiger charge is -2.15. The quantitative estimate of drug-likeness (QED) is 0.816. The molecule has 21 heavy (non-hydrogen) atoms. The molecule has 0 aromatic heterocycles. The number of nitrogens with one attached hydrogen (secondary N) is 1. The van der Waals surface area contributed by atoms with E-state index in [1.54, 1.807) is 33.1 Å². The normalized spacial score (nSPS) is 14.5. The number of hydrogen-bond donors (Lipinski definition) is 2. The molecule has 1 amide bonds. The van der Waals surface area contributed by atoms with Crippen molar-refractivity contribution in [2.45, 2.75) is 31.7 Å². The number of primary sulfonamides is 1. The van der Waals surface area contributed by atoms with Crippen molar-refractivity contribution >= 4 is 26.7 Å². The summed E-state index contributed by atoms with van der Waals surface area (Å²) in [6.45, 7) is 5.08. The molecule has 0 saturated heterocycles. The topological polar surface area (TPSA) is 106 Å². The molecule has 1 aromatic carbocycles. The van der Waals surface area contributed by atoms with Crippen molar-refractivity contribution in [2.24, 2.45) is 5.14 Å². The van der Waals surface area contributed by atoms with Gasteiger partial charge in [0.25, 0.3) is 5.91 Å². The van der Waals surface area contributed by atoms with Gasteiger partial charge in [-0.2, -0.15) is 0 Å². The van der Waals surface area contributed by atoms with Crippen LogP contribution in [-0.2, 0) is 20.8 Å². The van der Waals surface area contributed by atoms with Crippen molar-refractivity contribution in [3.63, 3.8) is 0 Å². The van der Waals surface area contributed by atoms with E-state index in [1.165, 1.54) is 6.07 Å². The molecule has 1 rings (SSSR count). The highest BCUT2D eigenvalue weighted by molar-refractivity contribution is 7.89. The van der Waals surface area contributed by atoms with Crippen LogP contribution >= 0.6 is 0 Å². The largest absolute Gasteiger partial charge is 0.349 e. The number of aryl methyl sites for hydroxylation is 2. The molecule has 3 N–H and O–H groups in total. The summed E-state index contributed by atoms with van der Waals surface area (Å²) in [5.74, 6) is -0.0750. The molecule has 118 valence electrons. The Balaban J connectivity index is 3.13. The van der Waals surface area contributed by atoms with E-state index in [1.807, 2.05) is 0 Å². The van der Waals surface area contributed by atoms with Crippen LogP contribution in [0.3, 0.4) is 0 Å². The average molecular weight is 332 g/mol. The number of carbonyl (C=O) groups is 1. The molecule has 0 bridgehead atoms. The van der Waals surface area contributed by atoms with Crippen molar-refractivity contribution in [1.82, 2.24) is 5.32 Å². The number of benzene rings is 1. The zero-order valence-electron chi connectivity index (χ0n) is 12.5. The molecule has 1 aromatic rings. The van der Waals surface area contributed by atoms with Crippen LogP contribution < -0.4 is 10.5 Å². The Labute approximate surface area is 127 Å². The Bertz CT molecular complexity index is 684. The molecule has 2 atom stereocenters. The zero-order chi connectivity index (χ0) is 16.4. The summed E-state index contributed by atoms with van der Waals surface area (Å²) in [6, 6.07) is 2.62. The van der Waals surface area contributed by atoms with Gasteiger partial charge in [-0.15, -0.1) is 0 Å². The van der Waals surface area contributed by atoms with Crippen molar-refractivity contribution in [1.29, 1.82) is 0 Å². The molecule has 0 aliphatic carbocycles. The zero-order valence-corrected chi connectivity index (χ0v) is 14.1. The standard InChI is InChI=1S/C13H20N2O4S2/c1-8-5-9(2)12(21(14,18)19)6-11(8)13(16)15-10(3)7-20(4)17/h5-6,10H,7H2,1-4H3,(H,15,16)(H2,14,18,19). The second-order valence-electron chi connectivity index (χ2n) is 5.09. The van der Waals surface area contributed by atoms with E-state index < -0.39 is 26.7 Å². The van der Waals surface area contributed by atoms with Crippen molar-refractivity contribution in [2.75, 3.05) is 12.0 Å². The molecular weight excluding hydrogens is 312 g/mol. The van der Waals surface area contributed by atoms with Crippen molar-refractivity contribution < 1.29 is 17.4 Å². The minimum absolute atomic E-state index is 0.0648. The van der Waals surface area contributed by atoms with Crippen LogP contribution in [0.5, 0.6) is 0 Å². The van der Waals surface area contributed by atoms with Gasteiger partial charge in [-0.1, -0.05) is 6.07 Å². The third kappa shape index (κ3) is 4.90. The van der Waals surface area contributed by atoms with Gasteiger partial charge in [-0.05, 0) is 38.0 Å². The van der Waals surface area contributed by atoms with E-state index in [0.717, 1.165) is 0 Å². The monoisotopic (exact) mass is 332 g/mol. The number of hydrogen-bond acceptors (Lipinski definition) is 4. The predicted molar refractivity (Wildman–Crippen MR) is 83.2 cm³/mol. The summed E-state index contributed by atoms with van der Waals surface area (Å²) >= 11 is 0. The Hall–Kier alpha value is -1.25. The maximum atomic E-state index is 12.2. The fourth-order valence-electron chi connectivity index (χ4n) is 2.08. The van der Waals surface area contributed by atoms with Crippen molar-refractivity contribution in [3.05, 3.63) is 28.8 Å². The van der Waals surface area contributed by atoms with E-state index in [9.17, 15) is 17.4 Å².